The summed E-state index contributed by atoms with van der Waals surface area (Å²) in [5, 5.41) is 6.44. The fraction of sp³-hybridized carbons (Fsp3) is 0.323. The van der Waals surface area contributed by atoms with E-state index in [-0.39, 0.29) is 23.2 Å². The van der Waals surface area contributed by atoms with Crippen LogP contribution in [-0.2, 0) is 0 Å². The lowest BCUT2D eigenvalue weighted by Crippen LogP contribution is -2.74. The van der Waals surface area contributed by atoms with Crippen LogP contribution >= 0.6 is 0 Å². The van der Waals surface area contributed by atoms with Gasteiger partial charge in [0.25, 0.3) is 11.8 Å². The Morgan fingerprint density at radius 1 is 1.12 bits per heavy atom. The minimum Gasteiger partial charge on any atom is -0.493 e. The first-order valence-electron chi connectivity index (χ1n) is 13.4. The van der Waals surface area contributed by atoms with Gasteiger partial charge in [0.15, 0.2) is 0 Å². The number of fused-ring (bicyclic) bond motifs is 1. The first-order chi connectivity index (χ1) is 19.3. The molecule has 0 radical (unpaired) electrons. The molecule has 3 saturated carbocycles. The third-order valence-electron chi connectivity index (χ3n) is 8.44. The third-order valence-corrected chi connectivity index (χ3v) is 8.44. The minimum atomic E-state index is -0.391. The lowest BCUT2D eigenvalue weighted by atomic mass is 9.43. The molecule has 206 valence electrons. The summed E-state index contributed by atoms with van der Waals surface area (Å²) in [7, 11) is 3.02. The summed E-state index contributed by atoms with van der Waals surface area (Å²) in [6, 6.07) is 11.0. The molecule has 2 N–H and O–H groups in total. The van der Waals surface area contributed by atoms with Gasteiger partial charge in [-0.05, 0) is 68.0 Å². The number of halogens is 1. The van der Waals surface area contributed by atoms with Gasteiger partial charge < -0.3 is 24.5 Å². The summed E-state index contributed by atoms with van der Waals surface area (Å²) in [4.78, 5) is 30.9. The molecule has 8 nitrogen and oxygen atoms in total. The molecule has 0 spiro atoms. The molecule has 9 heteroatoms. The van der Waals surface area contributed by atoms with Crippen LogP contribution < -0.4 is 20.1 Å². The SMILES string of the molecule is CCOc1cc2oc(-c3ccc(F)cc3)c(C(=O)NC)c2cc1-c1cnc(OC)c(C(=O)NC23CC(C2)[C@@H]3C)c1. The number of amides is 2. The van der Waals surface area contributed by atoms with Crippen LogP contribution in [0.25, 0.3) is 33.4 Å². The topological polar surface area (TPSA) is 103 Å². The smallest absolute Gasteiger partial charge is 0.257 e. The van der Waals surface area contributed by atoms with Crippen LogP contribution in [0.2, 0.25) is 0 Å². The maximum Gasteiger partial charge on any atom is 0.257 e. The van der Waals surface area contributed by atoms with E-state index in [0.717, 1.165) is 12.8 Å². The van der Waals surface area contributed by atoms with Crippen LogP contribution in [0, 0.1) is 17.7 Å². The molecule has 0 unspecified atom stereocenters. The lowest BCUT2D eigenvalue weighted by Gasteiger charge is -2.67. The van der Waals surface area contributed by atoms with E-state index < -0.39 is 5.82 Å². The van der Waals surface area contributed by atoms with E-state index in [1.807, 2.05) is 6.92 Å². The van der Waals surface area contributed by atoms with Gasteiger partial charge in [-0.1, -0.05) is 6.92 Å². The number of carbonyl (C=O) groups excluding carboxylic acids is 2. The lowest BCUT2D eigenvalue weighted by molar-refractivity contribution is -0.118. The Kier molecular flexibility index (Phi) is 6.24. The summed E-state index contributed by atoms with van der Waals surface area (Å²) in [6.45, 7) is 4.42. The number of methoxy groups -OCH3 is 1. The maximum atomic E-state index is 13.6. The number of ether oxygens (including phenoxy) is 2. The zero-order valence-corrected chi connectivity index (χ0v) is 22.8. The average Bonchev–Trinajstić information content (AvgIpc) is 3.32. The summed E-state index contributed by atoms with van der Waals surface area (Å²) in [5.74, 6) is 1.22. The predicted molar refractivity (Wildman–Crippen MR) is 148 cm³/mol. The van der Waals surface area contributed by atoms with Crippen molar-refractivity contribution in [1.29, 1.82) is 0 Å². The van der Waals surface area contributed by atoms with Crippen molar-refractivity contribution in [1.82, 2.24) is 15.6 Å². The zero-order chi connectivity index (χ0) is 28.2. The van der Waals surface area contributed by atoms with Crippen molar-refractivity contribution in [2.75, 3.05) is 20.8 Å². The summed E-state index contributed by atoms with van der Waals surface area (Å²) in [6.07, 6.45) is 3.61. The number of nitrogens with one attached hydrogen (secondary N) is 2. The molecule has 40 heavy (non-hydrogen) atoms. The molecule has 2 heterocycles. The number of benzene rings is 2. The van der Waals surface area contributed by atoms with Gasteiger partial charge in [-0.3, -0.25) is 9.59 Å². The van der Waals surface area contributed by atoms with Gasteiger partial charge >= 0.3 is 0 Å². The van der Waals surface area contributed by atoms with E-state index >= 15 is 0 Å². The quantitative estimate of drug-likeness (QED) is 0.300. The van der Waals surface area contributed by atoms with Crippen LogP contribution in [-0.4, -0.2) is 43.1 Å². The third kappa shape index (κ3) is 3.99. The number of carbonyl (C=O) groups is 2. The molecule has 0 aliphatic heterocycles. The molecule has 4 aromatic rings. The number of nitrogens with zero attached hydrogens (tertiary/aromatic N) is 1. The van der Waals surface area contributed by atoms with Crippen LogP contribution in [0.1, 0.15) is 47.4 Å². The van der Waals surface area contributed by atoms with Crippen molar-refractivity contribution in [2.45, 2.75) is 32.2 Å². The zero-order valence-electron chi connectivity index (χ0n) is 22.8. The molecular weight excluding hydrogens is 513 g/mol. The average molecular weight is 544 g/mol. The monoisotopic (exact) mass is 543 g/mol. The Morgan fingerprint density at radius 2 is 1.88 bits per heavy atom. The number of furan rings is 1. The van der Waals surface area contributed by atoms with Crippen LogP contribution in [0.4, 0.5) is 4.39 Å². The predicted octanol–water partition coefficient (Wildman–Crippen LogP) is 5.60. The number of hydrogen-bond acceptors (Lipinski definition) is 6. The minimum absolute atomic E-state index is 0.145. The largest absolute Gasteiger partial charge is 0.493 e. The molecule has 1 atom stereocenters. The molecule has 2 aromatic heterocycles. The summed E-state index contributed by atoms with van der Waals surface area (Å²) in [5.41, 5.74) is 2.73. The second kappa shape index (κ2) is 9.66. The highest BCUT2D eigenvalue weighted by Gasteiger charge is 2.63. The second-order valence-corrected chi connectivity index (χ2v) is 10.5. The van der Waals surface area contributed by atoms with Gasteiger partial charge in [-0.2, -0.15) is 0 Å². The number of hydrogen-bond donors (Lipinski definition) is 2. The molecule has 2 amide bonds. The van der Waals surface area contributed by atoms with Crippen molar-refractivity contribution >= 4 is 22.8 Å². The first kappa shape index (κ1) is 25.9. The highest BCUT2D eigenvalue weighted by Crippen LogP contribution is 2.61. The van der Waals surface area contributed by atoms with Crippen molar-refractivity contribution in [3.05, 3.63) is 65.6 Å². The number of aromatic nitrogens is 1. The summed E-state index contributed by atoms with van der Waals surface area (Å²) >= 11 is 0. The Hall–Kier alpha value is -4.40. The highest BCUT2D eigenvalue weighted by atomic mass is 19.1. The Bertz CT molecular complexity index is 1640. The van der Waals surface area contributed by atoms with Crippen molar-refractivity contribution in [2.24, 2.45) is 11.8 Å². The summed E-state index contributed by atoms with van der Waals surface area (Å²) < 4.78 is 31.2. The molecule has 2 bridgehead atoms. The van der Waals surface area contributed by atoms with Crippen LogP contribution in [0.5, 0.6) is 11.6 Å². The van der Waals surface area contributed by atoms with Gasteiger partial charge in [-0.25, -0.2) is 9.37 Å². The van der Waals surface area contributed by atoms with Crippen LogP contribution in [0.15, 0.2) is 53.1 Å². The van der Waals surface area contributed by atoms with Gasteiger partial charge in [0.2, 0.25) is 5.88 Å². The highest BCUT2D eigenvalue weighted by molar-refractivity contribution is 6.12. The van der Waals surface area contributed by atoms with Crippen molar-refractivity contribution < 1.29 is 27.9 Å². The Balaban J connectivity index is 1.48. The molecule has 7 rings (SSSR count). The Morgan fingerprint density at radius 3 is 2.48 bits per heavy atom. The van der Waals surface area contributed by atoms with Crippen LogP contribution in [0.3, 0.4) is 0 Å². The molecule has 3 fully saturated rings. The van der Waals surface area contributed by atoms with Gasteiger partial charge in [-0.15, -0.1) is 0 Å². The van der Waals surface area contributed by atoms with E-state index in [4.69, 9.17) is 13.9 Å². The van der Waals surface area contributed by atoms with E-state index in [1.54, 1.807) is 36.5 Å². The van der Waals surface area contributed by atoms with Gasteiger partial charge in [0.05, 0.1) is 19.3 Å². The number of pyridine rings is 1. The van der Waals surface area contributed by atoms with E-state index in [9.17, 15) is 14.0 Å². The maximum absolute atomic E-state index is 13.6. The van der Waals surface area contributed by atoms with Crippen molar-refractivity contribution in [3.8, 4) is 34.1 Å². The van der Waals surface area contributed by atoms with E-state index in [1.165, 1.54) is 26.3 Å². The molecular formula is C31H30FN3O5. The second-order valence-electron chi connectivity index (χ2n) is 10.5. The van der Waals surface area contributed by atoms with E-state index in [2.05, 4.69) is 22.5 Å². The normalized spacial score (nSPS) is 20.8. The fourth-order valence-corrected chi connectivity index (χ4v) is 5.95. The molecule has 0 saturated heterocycles. The fourth-order valence-electron chi connectivity index (χ4n) is 5.95. The Labute approximate surface area is 230 Å². The molecule has 3 aliphatic rings. The van der Waals surface area contributed by atoms with Gasteiger partial charge in [0, 0.05) is 46.9 Å². The van der Waals surface area contributed by atoms with Crippen molar-refractivity contribution in [3.63, 3.8) is 0 Å². The van der Waals surface area contributed by atoms with Gasteiger partial charge in [0.1, 0.15) is 28.5 Å². The van der Waals surface area contributed by atoms with E-state index in [0.29, 0.717) is 68.7 Å². The first-order valence-corrected chi connectivity index (χ1v) is 13.4. The molecule has 3 aliphatic carbocycles. The molecule has 2 aromatic carbocycles. The standard InChI is InChI=1S/C31H30FN3O5/c1-5-39-24-12-25-22(26(29(37)33-3)27(40-25)17-6-8-20(32)9-7-17)11-21(24)18-10-23(30(38-4)34-15-18)28(36)35-31-13-19(14-31)16(31)2/h6-12,15-16,19H,5,13-14H2,1-4H3,(H,33,37)(H,35,36)/t16-,19?,31?/m0/s1. The number of rotatable bonds is 8.